The van der Waals surface area contributed by atoms with Crippen LogP contribution in [0.4, 0.5) is 13.2 Å². The summed E-state index contributed by atoms with van der Waals surface area (Å²) in [5.41, 5.74) is 0.674. The lowest BCUT2D eigenvalue weighted by Crippen LogP contribution is -2.34. The van der Waals surface area contributed by atoms with Gasteiger partial charge < -0.3 is 5.11 Å². The summed E-state index contributed by atoms with van der Waals surface area (Å²) < 4.78 is 38.9. The SMILES string of the molecule is OC[C@@H]1C[C@H](F)CN1CCc1ccc(F)c(F)c1. The lowest BCUT2D eigenvalue weighted by molar-refractivity contribution is 0.160. The average Bonchev–Trinajstić information content (AvgIpc) is 2.71. The molecule has 2 nitrogen and oxygen atoms in total. The van der Waals surface area contributed by atoms with Crippen LogP contribution in [0.15, 0.2) is 18.2 Å². The van der Waals surface area contributed by atoms with E-state index in [1.807, 2.05) is 4.90 Å². The van der Waals surface area contributed by atoms with Gasteiger partial charge in [0.15, 0.2) is 11.6 Å². The first-order chi connectivity index (χ1) is 8.60. The molecule has 2 atom stereocenters. The predicted molar refractivity (Wildman–Crippen MR) is 62.0 cm³/mol. The maximum absolute atomic E-state index is 13.2. The van der Waals surface area contributed by atoms with E-state index in [4.69, 9.17) is 5.11 Å². The second kappa shape index (κ2) is 5.71. The summed E-state index contributed by atoms with van der Waals surface area (Å²) in [4.78, 5) is 1.85. The maximum Gasteiger partial charge on any atom is 0.159 e. The smallest absolute Gasteiger partial charge is 0.159 e. The Labute approximate surface area is 104 Å². The highest BCUT2D eigenvalue weighted by molar-refractivity contribution is 5.18. The van der Waals surface area contributed by atoms with Gasteiger partial charge in [0, 0.05) is 19.1 Å². The van der Waals surface area contributed by atoms with Gasteiger partial charge in [-0.05, 0) is 30.5 Å². The first kappa shape index (κ1) is 13.4. The molecule has 2 rings (SSSR count). The van der Waals surface area contributed by atoms with Gasteiger partial charge in [0.05, 0.1) is 6.61 Å². The highest BCUT2D eigenvalue weighted by Crippen LogP contribution is 2.20. The predicted octanol–water partition coefficient (Wildman–Crippen LogP) is 1.91. The van der Waals surface area contributed by atoms with E-state index in [1.54, 1.807) is 0 Å². The summed E-state index contributed by atoms with van der Waals surface area (Å²) in [6.07, 6.45) is -0.0542. The first-order valence-electron chi connectivity index (χ1n) is 6.03. The molecule has 100 valence electrons. The fourth-order valence-corrected chi connectivity index (χ4v) is 2.35. The van der Waals surface area contributed by atoms with Gasteiger partial charge >= 0.3 is 0 Å². The van der Waals surface area contributed by atoms with Crippen molar-refractivity contribution in [1.29, 1.82) is 0 Å². The zero-order valence-corrected chi connectivity index (χ0v) is 9.95. The van der Waals surface area contributed by atoms with E-state index in [0.29, 0.717) is 31.5 Å². The Bertz CT molecular complexity index is 413. The molecule has 1 saturated heterocycles. The van der Waals surface area contributed by atoms with Crippen LogP contribution >= 0.6 is 0 Å². The minimum atomic E-state index is -0.910. The van der Waals surface area contributed by atoms with Crippen molar-refractivity contribution in [3.05, 3.63) is 35.4 Å². The Kier molecular flexibility index (Phi) is 4.24. The molecule has 0 aliphatic carbocycles. The van der Waals surface area contributed by atoms with Crippen LogP contribution in [0.3, 0.4) is 0 Å². The molecule has 0 bridgehead atoms. The van der Waals surface area contributed by atoms with E-state index in [-0.39, 0.29) is 12.6 Å². The first-order valence-corrected chi connectivity index (χ1v) is 6.03. The molecule has 18 heavy (non-hydrogen) atoms. The van der Waals surface area contributed by atoms with E-state index >= 15 is 0 Å². The van der Waals surface area contributed by atoms with Crippen LogP contribution in [0.1, 0.15) is 12.0 Å². The van der Waals surface area contributed by atoms with Crippen molar-refractivity contribution < 1.29 is 18.3 Å². The summed E-state index contributed by atoms with van der Waals surface area (Å²) in [6, 6.07) is 3.61. The van der Waals surface area contributed by atoms with Crippen LogP contribution in [-0.4, -0.2) is 41.9 Å². The normalized spacial score (nSPS) is 24.7. The standard InChI is InChI=1S/C13H16F3NO/c14-10-6-11(8-18)17(7-10)4-3-9-1-2-12(15)13(16)5-9/h1-2,5,10-11,18H,3-4,6-8H2/t10-,11-/m0/s1. The molecule has 1 aromatic carbocycles. The molecular weight excluding hydrogens is 243 g/mol. The zero-order chi connectivity index (χ0) is 13.1. The molecule has 0 amide bonds. The van der Waals surface area contributed by atoms with Crippen LogP contribution in [0.5, 0.6) is 0 Å². The van der Waals surface area contributed by atoms with E-state index in [2.05, 4.69) is 0 Å². The number of hydrogen-bond acceptors (Lipinski definition) is 2. The Hall–Kier alpha value is -1.07. The maximum atomic E-state index is 13.2. The number of hydrogen-bond donors (Lipinski definition) is 1. The van der Waals surface area contributed by atoms with Crippen LogP contribution < -0.4 is 0 Å². The second-order valence-corrected chi connectivity index (χ2v) is 4.66. The summed E-state index contributed by atoms with van der Waals surface area (Å²) >= 11 is 0. The van der Waals surface area contributed by atoms with E-state index < -0.39 is 17.8 Å². The molecular formula is C13H16F3NO. The number of aliphatic hydroxyl groups is 1. The summed E-state index contributed by atoms with van der Waals surface area (Å²) in [5, 5.41) is 9.11. The number of likely N-dealkylation sites (tertiary alicyclic amines) is 1. The summed E-state index contributed by atoms with van der Waals surface area (Å²) in [5.74, 6) is -1.73. The molecule has 0 radical (unpaired) electrons. The largest absolute Gasteiger partial charge is 0.395 e. The van der Waals surface area contributed by atoms with Crippen molar-refractivity contribution in [2.24, 2.45) is 0 Å². The molecule has 1 aromatic rings. The average molecular weight is 259 g/mol. The summed E-state index contributed by atoms with van der Waals surface area (Å²) in [7, 11) is 0. The quantitative estimate of drug-likeness (QED) is 0.893. The Morgan fingerprint density at radius 1 is 1.28 bits per heavy atom. The fourth-order valence-electron chi connectivity index (χ4n) is 2.35. The van der Waals surface area contributed by atoms with Gasteiger partial charge in [-0.25, -0.2) is 13.2 Å². The Morgan fingerprint density at radius 3 is 2.72 bits per heavy atom. The van der Waals surface area contributed by atoms with Crippen molar-refractivity contribution >= 4 is 0 Å². The van der Waals surface area contributed by atoms with Gasteiger partial charge in [-0.1, -0.05) is 6.07 Å². The topological polar surface area (TPSA) is 23.5 Å². The molecule has 0 saturated carbocycles. The second-order valence-electron chi connectivity index (χ2n) is 4.66. The fraction of sp³-hybridized carbons (Fsp3) is 0.538. The minimum absolute atomic E-state index is 0.0712. The van der Waals surface area contributed by atoms with Crippen molar-refractivity contribution in [2.45, 2.75) is 25.1 Å². The van der Waals surface area contributed by atoms with Crippen LogP contribution in [0, 0.1) is 11.6 Å². The Balaban J connectivity index is 1.92. The van der Waals surface area contributed by atoms with Crippen LogP contribution in [0.25, 0.3) is 0 Å². The molecule has 0 aromatic heterocycles. The highest BCUT2D eigenvalue weighted by Gasteiger charge is 2.30. The van der Waals surface area contributed by atoms with Gasteiger partial charge in [-0.3, -0.25) is 4.90 Å². The van der Waals surface area contributed by atoms with Crippen molar-refractivity contribution in [1.82, 2.24) is 4.90 Å². The van der Waals surface area contributed by atoms with Crippen molar-refractivity contribution in [2.75, 3.05) is 19.7 Å². The van der Waals surface area contributed by atoms with E-state index in [1.165, 1.54) is 6.07 Å². The van der Waals surface area contributed by atoms with Crippen molar-refractivity contribution in [3.63, 3.8) is 0 Å². The van der Waals surface area contributed by atoms with Gasteiger partial charge in [-0.2, -0.15) is 0 Å². The number of aliphatic hydroxyl groups excluding tert-OH is 1. The van der Waals surface area contributed by atoms with E-state index in [0.717, 1.165) is 12.1 Å². The summed E-state index contributed by atoms with van der Waals surface area (Å²) in [6.45, 7) is 0.768. The highest BCUT2D eigenvalue weighted by atomic mass is 19.2. The molecule has 5 heteroatoms. The molecule has 1 aliphatic rings. The van der Waals surface area contributed by atoms with E-state index in [9.17, 15) is 13.2 Å². The minimum Gasteiger partial charge on any atom is -0.395 e. The van der Waals surface area contributed by atoms with Crippen molar-refractivity contribution in [3.8, 4) is 0 Å². The van der Waals surface area contributed by atoms with Crippen LogP contribution in [0.2, 0.25) is 0 Å². The number of rotatable bonds is 4. The van der Waals surface area contributed by atoms with Gasteiger partial charge in [0.2, 0.25) is 0 Å². The van der Waals surface area contributed by atoms with Crippen LogP contribution in [-0.2, 0) is 6.42 Å². The monoisotopic (exact) mass is 259 g/mol. The van der Waals surface area contributed by atoms with Gasteiger partial charge in [0.1, 0.15) is 6.17 Å². The molecule has 1 heterocycles. The number of nitrogens with zero attached hydrogens (tertiary/aromatic N) is 1. The number of benzene rings is 1. The third kappa shape index (κ3) is 3.03. The third-order valence-corrected chi connectivity index (χ3v) is 3.36. The van der Waals surface area contributed by atoms with Gasteiger partial charge in [0.25, 0.3) is 0 Å². The molecule has 0 unspecified atom stereocenters. The molecule has 1 N–H and O–H groups in total. The zero-order valence-electron chi connectivity index (χ0n) is 9.95. The van der Waals surface area contributed by atoms with Gasteiger partial charge in [-0.15, -0.1) is 0 Å². The molecule has 1 aliphatic heterocycles. The number of alkyl halides is 1. The Morgan fingerprint density at radius 2 is 2.06 bits per heavy atom. The number of halogens is 3. The molecule has 0 spiro atoms. The third-order valence-electron chi connectivity index (χ3n) is 3.36. The lowest BCUT2D eigenvalue weighted by Gasteiger charge is -2.21. The lowest BCUT2D eigenvalue weighted by atomic mass is 10.1. The molecule has 1 fully saturated rings.